The van der Waals surface area contributed by atoms with Gasteiger partial charge in [-0.2, -0.15) is 0 Å². The van der Waals surface area contributed by atoms with E-state index in [-0.39, 0.29) is 5.91 Å². The first-order chi connectivity index (χ1) is 7.56. The molecular weight excluding hydrogens is 200 g/mol. The van der Waals surface area contributed by atoms with Crippen molar-refractivity contribution in [2.45, 2.75) is 33.2 Å². The highest BCUT2D eigenvalue weighted by Crippen LogP contribution is 2.26. The Balaban J connectivity index is 2.50. The summed E-state index contributed by atoms with van der Waals surface area (Å²) < 4.78 is 0. The molecule has 1 heterocycles. The van der Waals surface area contributed by atoms with Crippen LogP contribution in [0, 0.1) is 24.2 Å². The molecule has 1 aliphatic heterocycles. The van der Waals surface area contributed by atoms with Crippen LogP contribution in [0.2, 0.25) is 0 Å². The van der Waals surface area contributed by atoms with E-state index in [1.807, 2.05) is 4.90 Å². The molecule has 1 fully saturated rings. The van der Waals surface area contributed by atoms with E-state index in [2.05, 4.69) is 32.0 Å². The highest BCUT2D eigenvalue weighted by Gasteiger charge is 2.31. The predicted molar refractivity (Wildman–Crippen MR) is 65.8 cm³/mol. The lowest BCUT2D eigenvalue weighted by Gasteiger charge is -2.41. The van der Waals surface area contributed by atoms with Gasteiger partial charge in [0.2, 0.25) is 5.91 Å². The van der Waals surface area contributed by atoms with Crippen LogP contribution < -0.4 is 5.32 Å². The molecule has 1 N–H and O–H groups in total. The minimum Gasteiger partial charge on any atom is -0.338 e. The maximum atomic E-state index is 12.0. The zero-order valence-corrected chi connectivity index (χ0v) is 10.5. The molecule has 0 aromatic carbocycles. The zero-order valence-electron chi connectivity index (χ0n) is 10.5. The smallest absolute Gasteiger partial charge is 0.236 e. The van der Waals surface area contributed by atoms with Crippen LogP contribution in [0.4, 0.5) is 0 Å². The van der Waals surface area contributed by atoms with Crippen molar-refractivity contribution in [3.63, 3.8) is 0 Å². The second-order valence-corrected chi connectivity index (χ2v) is 4.91. The van der Waals surface area contributed by atoms with E-state index in [1.54, 1.807) is 0 Å². The van der Waals surface area contributed by atoms with Gasteiger partial charge >= 0.3 is 0 Å². The van der Waals surface area contributed by atoms with E-state index in [0.29, 0.717) is 31.0 Å². The summed E-state index contributed by atoms with van der Waals surface area (Å²) in [6.45, 7) is 8.25. The summed E-state index contributed by atoms with van der Waals surface area (Å²) in [4.78, 5) is 14.0. The molecule has 0 aliphatic carbocycles. The zero-order chi connectivity index (χ0) is 12.1. The number of hydrogen-bond acceptors (Lipinski definition) is 2. The van der Waals surface area contributed by atoms with Gasteiger partial charge < -0.3 is 4.90 Å². The number of rotatable bonds is 3. The Morgan fingerprint density at radius 3 is 2.81 bits per heavy atom. The van der Waals surface area contributed by atoms with Gasteiger partial charge in [0.15, 0.2) is 0 Å². The van der Waals surface area contributed by atoms with Gasteiger partial charge in [0, 0.05) is 12.6 Å². The second kappa shape index (κ2) is 5.91. The van der Waals surface area contributed by atoms with Crippen LogP contribution in [0.3, 0.4) is 0 Å². The number of nitrogens with one attached hydrogen (secondary N) is 1. The van der Waals surface area contributed by atoms with E-state index >= 15 is 0 Å². The van der Waals surface area contributed by atoms with Crippen molar-refractivity contribution >= 4 is 5.91 Å². The number of piperidine rings is 1. The molecule has 1 aliphatic rings. The van der Waals surface area contributed by atoms with Crippen molar-refractivity contribution in [2.24, 2.45) is 11.8 Å². The average Bonchev–Trinajstić information content (AvgIpc) is 2.23. The Morgan fingerprint density at radius 2 is 2.19 bits per heavy atom. The molecule has 90 valence electrons. The lowest BCUT2D eigenvalue weighted by molar-refractivity contribution is -0.136. The van der Waals surface area contributed by atoms with Crippen LogP contribution in [0.1, 0.15) is 27.2 Å². The van der Waals surface area contributed by atoms with Crippen molar-refractivity contribution in [1.82, 2.24) is 10.2 Å². The Hall–Kier alpha value is -1.01. The van der Waals surface area contributed by atoms with Crippen LogP contribution in [-0.2, 0) is 4.79 Å². The number of amides is 1. The predicted octanol–water partition coefficient (Wildman–Crippen LogP) is 1.10. The summed E-state index contributed by atoms with van der Waals surface area (Å²) in [6.07, 6.45) is 6.34. The SMILES string of the molecule is C#CCNCC(=O)N1CC(C)CC(C)C1C. The van der Waals surface area contributed by atoms with E-state index in [0.717, 1.165) is 6.54 Å². The van der Waals surface area contributed by atoms with Crippen molar-refractivity contribution in [3.8, 4) is 12.3 Å². The topological polar surface area (TPSA) is 32.3 Å². The van der Waals surface area contributed by atoms with E-state index in [4.69, 9.17) is 6.42 Å². The number of carbonyl (C=O) groups excluding carboxylic acids is 1. The van der Waals surface area contributed by atoms with E-state index < -0.39 is 0 Å². The van der Waals surface area contributed by atoms with Crippen LogP contribution >= 0.6 is 0 Å². The third-order valence-corrected chi connectivity index (χ3v) is 3.42. The third-order valence-electron chi connectivity index (χ3n) is 3.42. The summed E-state index contributed by atoms with van der Waals surface area (Å²) in [6, 6.07) is 0.344. The van der Waals surface area contributed by atoms with Gasteiger partial charge in [-0.25, -0.2) is 0 Å². The summed E-state index contributed by atoms with van der Waals surface area (Å²) in [5, 5.41) is 2.96. The molecule has 1 amide bonds. The van der Waals surface area contributed by atoms with Gasteiger partial charge in [-0.05, 0) is 25.2 Å². The van der Waals surface area contributed by atoms with E-state index in [1.165, 1.54) is 6.42 Å². The Bertz CT molecular complexity index is 282. The van der Waals surface area contributed by atoms with E-state index in [9.17, 15) is 4.79 Å². The largest absolute Gasteiger partial charge is 0.338 e. The number of nitrogens with zero attached hydrogens (tertiary/aromatic N) is 1. The van der Waals surface area contributed by atoms with Gasteiger partial charge in [-0.1, -0.05) is 19.8 Å². The first kappa shape index (κ1) is 13.1. The van der Waals surface area contributed by atoms with Gasteiger partial charge in [-0.15, -0.1) is 6.42 Å². The fourth-order valence-corrected chi connectivity index (χ4v) is 2.39. The van der Waals surface area contributed by atoms with Gasteiger partial charge in [0.1, 0.15) is 0 Å². The Labute approximate surface area is 98.6 Å². The van der Waals surface area contributed by atoms with Crippen LogP contribution in [0.25, 0.3) is 0 Å². The Morgan fingerprint density at radius 1 is 1.50 bits per heavy atom. The maximum Gasteiger partial charge on any atom is 0.236 e. The third kappa shape index (κ3) is 3.24. The maximum absolute atomic E-state index is 12.0. The monoisotopic (exact) mass is 222 g/mol. The molecule has 0 saturated carbocycles. The molecule has 3 atom stereocenters. The fourth-order valence-electron chi connectivity index (χ4n) is 2.39. The van der Waals surface area contributed by atoms with Crippen LogP contribution in [-0.4, -0.2) is 36.5 Å². The fraction of sp³-hybridized carbons (Fsp3) is 0.769. The molecule has 0 aromatic rings. The van der Waals surface area contributed by atoms with Crippen LogP contribution in [0.15, 0.2) is 0 Å². The molecule has 3 nitrogen and oxygen atoms in total. The molecule has 16 heavy (non-hydrogen) atoms. The lowest BCUT2D eigenvalue weighted by Crippen LogP contribution is -2.51. The van der Waals surface area contributed by atoms with Gasteiger partial charge in [0.25, 0.3) is 0 Å². The van der Waals surface area contributed by atoms with Gasteiger partial charge in [-0.3, -0.25) is 10.1 Å². The normalized spacial score (nSPS) is 29.9. The highest BCUT2D eigenvalue weighted by molar-refractivity contribution is 5.78. The summed E-state index contributed by atoms with van der Waals surface area (Å²) >= 11 is 0. The molecular formula is C13H22N2O. The van der Waals surface area contributed by atoms with Crippen molar-refractivity contribution < 1.29 is 4.79 Å². The molecule has 0 radical (unpaired) electrons. The number of carbonyl (C=O) groups is 1. The number of terminal acetylenes is 1. The second-order valence-electron chi connectivity index (χ2n) is 4.91. The molecule has 0 bridgehead atoms. The van der Waals surface area contributed by atoms with Crippen molar-refractivity contribution in [1.29, 1.82) is 0 Å². The summed E-state index contributed by atoms with van der Waals surface area (Å²) in [5.41, 5.74) is 0. The van der Waals surface area contributed by atoms with Crippen molar-refractivity contribution in [2.75, 3.05) is 19.6 Å². The number of likely N-dealkylation sites (tertiary alicyclic amines) is 1. The first-order valence-electron chi connectivity index (χ1n) is 6.00. The van der Waals surface area contributed by atoms with Crippen LogP contribution in [0.5, 0.6) is 0 Å². The molecule has 3 unspecified atom stereocenters. The summed E-state index contributed by atoms with van der Waals surface area (Å²) in [7, 11) is 0. The minimum atomic E-state index is 0.168. The highest BCUT2D eigenvalue weighted by atomic mass is 16.2. The first-order valence-corrected chi connectivity index (χ1v) is 6.00. The molecule has 1 saturated heterocycles. The molecule has 3 heteroatoms. The standard InChI is InChI=1S/C13H22N2O/c1-5-6-14-8-13(16)15-9-10(2)7-11(3)12(15)4/h1,10-12,14H,6-9H2,2-4H3. The lowest BCUT2D eigenvalue weighted by atomic mass is 9.86. The number of hydrogen-bond donors (Lipinski definition) is 1. The molecule has 1 rings (SSSR count). The Kier molecular flexibility index (Phi) is 4.82. The molecule has 0 spiro atoms. The average molecular weight is 222 g/mol. The molecule has 0 aromatic heterocycles. The summed E-state index contributed by atoms with van der Waals surface area (Å²) in [5.74, 6) is 3.82. The quantitative estimate of drug-likeness (QED) is 0.573. The van der Waals surface area contributed by atoms with Gasteiger partial charge in [0.05, 0.1) is 13.1 Å². The minimum absolute atomic E-state index is 0.168. The van der Waals surface area contributed by atoms with Crippen molar-refractivity contribution in [3.05, 3.63) is 0 Å².